The van der Waals surface area contributed by atoms with Crippen LogP contribution in [0.2, 0.25) is 0 Å². The number of aliphatic hydroxyl groups excluding tert-OH is 8. The Morgan fingerprint density at radius 2 is 1.13 bits per heavy atom. The van der Waals surface area contributed by atoms with Crippen molar-refractivity contribution in [2.24, 2.45) is 0 Å². The maximum Gasteiger partial charge on any atom is 0.220 e. The van der Waals surface area contributed by atoms with E-state index in [9.17, 15) is 45.6 Å². The van der Waals surface area contributed by atoms with Crippen LogP contribution in [0.5, 0.6) is 0 Å². The lowest BCUT2D eigenvalue weighted by atomic mass is 9.97. The van der Waals surface area contributed by atoms with Crippen LogP contribution in [0.4, 0.5) is 0 Å². The average molecular weight is 792 g/mol. The molecule has 1 amide bonds. The summed E-state index contributed by atoms with van der Waals surface area (Å²) in [6, 6.07) is -0.903. The van der Waals surface area contributed by atoms with E-state index in [0.717, 1.165) is 32.1 Å². The first-order valence-electron chi connectivity index (χ1n) is 21.4. The molecule has 55 heavy (non-hydrogen) atoms. The van der Waals surface area contributed by atoms with E-state index < -0.39 is 86.8 Å². The maximum absolute atomic E-state index is 12.7. The molecule has 324 valence electrons. The molecule has 0 aromatic carbocycles. The van der Waals surface area contributed by atoms with Gasteiger partial charge in [0.25, 0.3) is 0 Å². The minimum absolute atomic E-state index is 0.265. The molecule has 0 radical (unpaired) electrons. The van der Waals surface area contributed by atoms with Crippen molar-refractivity contribution < 1.29 is 64.6 Å². The van der Waals surface area contributed by atoms with E-state index in [1.807, 2.05) is 13.0 Å². The highest BCUT2D eigenvalue weighted by Crippen LogP contribution is 2.30. The number of rotatable bonds is 31. The van der Waals surface area contributed by atoms with Crippen molar-refractivity contribution in [3.8, 4) is 0 Å². The van der Waals surface area contributed by atoms with Gasteiger partial charge in [0, 0.05) is 6.42 Å². The molecule has 2 fully saturated rings. The standard InChI is InChI=1S/C41H77NO13/c1-3-5-7-8-9-10-11-12-13-14-15-16-17-18-19-20-21-23-24-30(45)29(42-33(46)25-22-6-4-2)28-52-40-38(51)36(49)39(32(27-44)54-40)55-41-37(50)35(48)34(47)31(26-43)53-41/h23-24,29-32,34-41,43-45,47-51H,3-22,25-28H2,1-2H3,(H,42,46)/b24-23+. The SMILES string of the molecule is CCCCCCCCCCCCCCCCCC/C=C/C(O)C(COC1OC(CO)C(OC2OC(CO)C(O)C(O)C2O)C(O)C1O)NC(=O)CCCCC. The number of hydrogen-bond donors (Lipinski definition) is 9. The zero-order valence-corrected chi connectivity index (χ0v) is 33.7. The predicted molar refractivity (Wildman–Crippen MR) is 208 cm³/mol. The summed E-state index contributed by atoms with van der Waals surface area (Å²) in [5.74, 6) is -0.265. The van der Waals surface area contributed by atoms with Crippen LogP contribution in [0.15, 0.2) is 12.2 Å². The van der Waals surface area contributed by atoms with E-state index in [-0.39, 0.29) is 18.9 Å². The van der Waals surface area contributed by atoms with Crippen LogP contribution in [0.3, 0.4) is 0 Å². The average Bonchev–Trinajstić information content (AvgIpc) is 3.18. The topological polar surface area (TPSA) is 228 Å². The fraction of sp³-hybridized carbons (Fsp3) is 0.927. The molecule has 2 saturated heterocycles. The summed E-state index contributed by atoms with van der Waals surface area (Å²) in [5, 5.41) is 85.8. The molecule has 0 aliphatic carbocycles. The molecule has 0 spiro atoms. The van der Waals surface area contributed by atoms with Gasteiger partial charge in [0.2, 0.25) is 5.91 Å². The molecule has 12 atom stereocenters. The largest absolute Gasteiger partial charge is 0.394 e. The van der Waals surface area contributed by atoms with Crippen LogP contribution in [0, 0.1) is 0 Å². The van der Waals surface area contributed by atoms with Gasteiger partial charge in [0.05, 0.1) is 32.0 Å². The Kier molecular flexibility index (Phi) is 27.1. The molecule has 2 aliphatic heterocycles. The molecule has 14 nitrogen and oxygen atoms in total. The van der Waals surface area contributed by atoms with Crippen LogP contribution in [0.1, 0.15) is 149 Å². The highest BCUT2D eigenvalue weighted by atomic mass is 16.7. The number of hydrogen-bond acceptors (Lipinski definition) is 13. The second-order valence-electron chi connectivity index (χ2n) is 15.5. The summed E-state index contributed by atoms with van der Waals surface area (Å²) in [4.78, 5) is 12.7. The third-order valence-corrected chi connectivity index (χ3v) is 10.7. The molecule has 2 rings (SSSR count). The third kappa shape index (κ3) is 18.9. The highest BCUT2D eigenvalue weighted by molar-refractivity contribution is 5.76. The van der Waals surface area contributed by atoms with Crippen molar-refractivity contribution in [3.63, 3.8) is 0 Å². The third-order valence-electron chi connectivity index (χ3n) is 10.7. The van der Waals surface area contributed by atoms with Gasteiger partial charge in [-0.25, -0.2) is 0 Å². The number of ether oxygens (including phenoxy) is 4. The second-order valence-corrected chi connectivity index (χ2v) is 15.5. The number of carbonyl (C=O) groups excluding carboxylic acids is 1. The summed E-state index contributed by atoms with van der Waals surface area (Å²) in [6.45, 7) is 2.58. The van der Waals surface area contributed by atoms with Crippen molar-refractivity contribution >= 4 is 5.91 Å². The zero-order chi connectivity index (χ0) is 40.4. The van der Waals surface area contributed by atoms with Gasteiger partial charge in [-0.1, -0.05) is 135 Å². The molecule has 14 heteroatoms. The number of allylic oxidation sites excluding steroid dienone is 1. The summed E-state index contributed by atoms with van der Waals surface area (Å²) in [6.07, 6.45) is 10.8. The molecule has 12 unspecified atom stereocenters. The van der Waals surface area contributed by atoms with Crippen LogP contribution < -0.4 is 5.32 Å². The molecular weight excluding hydrogens is 714 g/mol. The van der Waals surface area contributed by atoms with Crippen molar-refractivity contribution in [1.82, 2.24) is 5.32 Å². The van der Waals surface area contributed by atoms with Gasteiger partial charge in [-0.15, -0.1) is 0 Å². The minimum atomic E-state index is -1.78. The van der Waals surface area contributed by atoms with Gasteiger partial charge in [0.15, 0.2) is 12.6 Å². The van der Waals surface area contributed by atoms with E-state index >= 15 is 0 Å². The first-order valence-corrected chi connectivity index (χ1v) is 21.4. The van der Waals surface area contributed by atoms with E-state index in [1.165, 1.54) is 89.9 Å². The molecule has 0 saturated carbocycles. The molecule has 0 aromatic heterocycles. The summed E-state index contributed by atoms with van der Waals surface area (Å²) in [5.41, 5.74) is 0. The van der Waals surface area contributed by atoms with Gasteiger partial charge in [-0.2, -0.15) is 0 Å². The Bertz CT molecular complexity index is 988. The van der Waals surface area contributed by atoms with Crippen LogP contribution >= 0.6 is 0 Å². The van der Waals surface area contributed by atoms with E-state index in [1.54, 1.807) is 6.08 Å². The van der Waals surface area contributed by atoms with Crippen LogP contribution in [-0.2, 0) is 23.7 Å². The molecule has 0 aromatic rings. The van der Waals surface area contributed by atoms with Gasteiger partial charge in [0.1, 0.15) is 48.8 Å². The Morgan fingerprint density at radius 3 is 1.67 bits per heavy atom. The van der Waals surface area contributed by atoms with Crippen molar-refractivity contribution in [2.45, 2.75) is 222 Å². The highest BCUT2D eigenvalue weighted by Gasteiger charge is 2.50. The molecule has 2 aliphatic rings. The van der Waals surface area contributed by atoms with Crippen molar-refractivity contribution in [2.75, 3.05) is 19.8 Å². The number of nitrogens with one attached hydrogen (secondary N) is 1. The van der Waals surface area contributed by atoms with E-state index in [0.29, 0.717) is 6.42 Å². The van der Waals surface area contributed by atoms with Crippen LogP contribution in [-0.4, -0.2) is 140 Å². The number of carbonyl (C=O) groups is 1. The zero-order valence-electron chi connectivity index (χ0n) is 33.7. The fourth-order valence-electron chi connectivity index (χ4n) is 7.11. The lowest BCUT2D eigenvalue weighted by molar-refractivity contribution is -0.359. The lowest BCUT2D eigenvalue weighted by Gasteiger charge is -2.46. The Hall–Kier alpha value is -1.27. The molecule has 0 bridgehead atoms. The van der Waals surface area contributed by atoms with Gasteiger partial charge < -0.3 is 65.1 Å². The summed E-state index contributed by atoms with van der Waals surface area (Å²) >= 11 is 0. The second kappa shape index (κ2) is 29.9. The smallest absolute Gasteiger partial charge is 0.220 e. The predicted octanol–water partition coefficient (Wildman–Crippen LogP) is 3.26. The number of unbranched alkanes of at least 4 members (excludes halogenated alkanes) is 18. The van der Waals surface area contributed by atoms with E-state index in [4.69, 9.17) is 18.9 Å². The quantitative estimate of drug-likeness (QED) is 0.0364. The summed E-state index contributed by atoms with van der Waals surface area (Å²) in [7, 11) is 0. The van der Waals surface area contributed by atoms with Gasteiger partial charge in [-0.05, 0) is 19.3 Å². The number of aliphatic hydroxyl groups is 8. The molecule has 2 heterocycles. The van der Waals surface area contributed by atoms with Gasteiger partial charge in [-0.3, -0.25) is 4.79 Å². The fourth-order valence-corrected chi connectivity index (χ4v) is 7.11. The van der Waals surface area contributed by atoms with Crippen molar-refractivity contribution in [3.05, 3.63) is 12.2 Å². The first-order chi connectivity index (χ1) is 26.6. The Labute approximate surface area is 329 Å². The van der Waals surface area contributed by atoms with Crippen molar-refractivity contribution in [1.29, 1.82) is 0 Å². The van der Waals surface area contributed by atoms with Gasteiger partial charge >= 0.3 is 0 Å². The Morgan fingerprint density at radius 1 is 0.636 bits per heavy atom. The molecule has 9 N–H and O–H groups in total. The molecular formula is C41H77NO13. The lowest BCUT2D eigenvalue weighted by Crippen LogP contribution is -2.65. The maximum atomic E-state index is 12.7. The normalized spacial score (nSPS) is 29.8. The monoisotopic (exact) mass is 792 g/mol. The Balaban J connectivity index is 1.80. The van der Waals surface area contributed by atoms with E-state index in [2.05, 4.69) is 12.2 Å². The summed E-state index contributed by atoms with van der Waals surface area (Å²) < 4.78 is 22.4. The van der Waals surface area contributed by atoms with Crippen LogP contribution in [0.25, 0.3) is 0 Å². The minimum Gasteiger partial charge on any atom is -0.394 e. The first kappa shape index (κ1) is 49.9. The number of amides is 1.